The molecule has 0 amide bonds. The molecule has 1 unspecified atom stereocenters. The van der Waals surface area contributed by atoms with Gasteiger partial charge in [-0.05, 0) is 12.5 Å². The van der Waals surface area contributed by atoms with E-state index >= 15 is 0 Å². The van der Waals surface area contributed by atoms with Crippen LogP contribution in [-0.4, -0.2) is 16.9 Å². The third-order valence-corrected chi connectivity index (χ3v) is 3.67. The molecule has 106 valence electrons. The molecular weight excluding hydrogens is 341 g/mol. The van der Waals surface area contributed by atoms with E-state index in [4.69, 9.17) is 9.73 Å². The fourth-order valence-corrected chi connectivity index (χ4v) is 1.67. The summed E-state index contributed by atoms with van der Waals surface area (Å²) in [6, 6.07) is 8.36. The Morgan fingerprint density at radius 1 is 1.47 bits per heavy atom. The number of phosphoric ester groups is 1. The van der Waals surface area contributed by atoms with Crippen LogP contribution < -0.4 is 5.48 Å². The van der Waals surface area contributed by atoms with E-state index < -0.39 is 19.8 Å². The van der Waals surface area contributed by atoms with Crippen molar-refractivity contribution in [2.75, 3.05) is 0 Å². The monoisotopic (exact) mass is 353 g/mol. The van der Waals surface area contributed by atoms with Crippen LogP contribution in [0.5, 0.6) is 0 Å². The first-order valence-corrected chi connectivity index (χ1v) is 7.36. The smallest absolute Gasteiger partial charge is 0.369 e. The van der Waals surface area contributed by atoms with Gasteiger partial charge in [0.25, 0.3) is 0 Å². The van der Waals surface area contributed by atoms with Gasteiger partial charge in [-0.15, -0.1) is 0 Å². The van der Waals surface area contributed by atoms with Crippen LogP contribution >= 0.6 is 24.1 Å². The minimum Gasteiger partial charge on any atom is -0.369 e. The lowest BCUT2D eigenvalue weighted by Crippen LogP contribution is -2.34. The van der Waals surface area contributed by atoms with Gasteiger partial charge >= 0.3 is 13.8 Å². The fraction of sp³-hybridized carbons (Fsp3) is 0.300. The zero-order valence-electron chi connectivity index (χ0n) is 9.98. The van der Waals surface area contributed by atoms with Crippen LogP contribution in [0.4, 0.5) is 0 Å². The first-order valence-electron chi connectivity index (χ1n) is 5.22. The van der Waals surface area contributed by atoms with Crippen LogP contribution in [0.25, 0.3) is 0 Å². The standard InChI is InChI=1S/C10H13BrNO6P/c1-8(10(13)17-19(14,15)18-11)12-16-7-9-5-3-2-4-6-9/h2-6,8,12H,7H2,1H3,(H,14,15)/t8-/m0/s1. The summed E-state index contributed by atoms with van der Waals surface area (Å²) in [6.45, 7) is 1.66. The molecule has 0 saturated heterocycles. The van der Waals surface area contributed by atoms with Crippen molar-refractivity contribution in [3.63, 3.8) is 0 Å². The van der Waals surface area contributed by atoms with Crippen LogP contribution in [0.3, 0.4) is 0 Å². The number of carbonyl (C=O) groups excluding carboxylic acids is 1. The normalized spacial score (nSPS) is 15.5. The zero-order chi connectivity index (χ0) is 14.3. The summed E-state index contributed by atoms with van der Waals surface area (Å²) in [6.07, 6.45) is 0. The average molecular weight is 354 g/mol. The van der Waals surface area contributed by atoms with Gasteiger partial charge in [-0.1, -0.05) is 30.3 Å². The van der Waals surface area contributed by atoms with Crippen molar-refractivity contribution in [3.8, 4) is 0 Å². The Kier molecular flexibility index (Phi) is 6.64. The third kappa shape index (κ3) is 6.29. The number of carbonyl (C=O) groups is 1. The quantitative estimate of drug-likeness (QED) is 0.572. The molecule has 9 heteroatoms. The minimum atomic E-state index is -4.40. The van der Waals surface area contributed by atoms with Crippen molar-refractivity contribution < 1.29 is 27.2 Å². The molecule has 0 heterocycles. The van der Waals surface area contributed by atoms with E-state index in [0.717, 1.165) is 5.56 Å². The molecule has 1 rings (SSSR count). The van der Waals surface area contributed by atoms with E-state index in [-0.39, 0.29) is 6.61 Å². The van der Waals surface area contributed by atoms with E-state index in [2.05, 4.69) is 29.9 Å². The molecule has 0 aliphatic heterocycles. The summed E-state index contributed by atoms with van der Waals surface area (Å²) in [5, 5.41) is 0. The Labute approximate surface area is 118 Å². The topological polar surface area (TPSA) is 94.1 Å². The molecule has 1 aromatic rings. The number of phosphoric acid groups is 1. The largest absolute Gasteiger partial charge is 0.540 e. The molecule has 0 fully saturated rings. The van der Waals surface area contributed by atoms with E-state index in [1.165, 1.54) is 6.92 Å². The van der Waals surface area contributed by atoms with Crippen molar-refractivity contribution in [3.05, 3.63) is 35.9 Å². The highest BCUT2D eigenvalue weighted by atomic mass is 79.9. The highest BCUT2D eigenvalue weighted by molar-refractivity contribution is 9.06. The Hall–Kier alpha value is -0.760. The van der Waals surface area contributed by atoms with Crippen LogP contribution in [-0.2, 0) is 28.9 Å². The molecule has 2 N–H and O–H groups in total. The maximum Gasteiger partial charge on any atom is 0.540 e. The summed E-state index contributed by atoms with van der Waals surface area (Å²) in [5.74, 6) is -0.974. The minimum absolute atomic E-state index is 0.240. The summed E-state index contributed by atoms with van der Waals surface area (Å²) in [4.78, 5) is 25.4. The Morgan fingerprint density at radius 3 is 2.68 bits per heavy atom. The molecule has 0 aromatic heterocycles. The second-order valence-corrected chi connectivity index (χ2v) is 5.69. The van der Waals surface area contributed by atoms with Gasteiger partial charge in [0.05, 0.1) is 6.61 Å². The van der Waals surface area contributed by atoms with Gasteiger partial charge in [-0.25, -0.2) is 9.36 Å². The van der Waals surface area contributed by atoms with Crippen LogP contribution in [0.15, 0.2) is 30.3 Å². The van der Waals surface area contributed by atoms with Crippen molar-refractivity contribution >= 4 is 30.1 Å². The van der Waals surface area contributed by atoms with E-state index in [1.54, 1.807) is 0 Å². The molecule has 0 aliphatic carbocycles. The second-order valence-electron chi connectivity index (χ2n) is 3.56. The predicted molar refractivity (Wildman–Crippen MR) is 69.8 cm³/mol. The summed E-state index contributed by atoms with van der Waals surface area (Å²) >= 11 is 2.29. The van der Waals surface area contributed by atoms with Crippen molar-refractivity contribution in [1.29, 1.82) is 0 Å². The van der Waals surface area contributed by atoms with Crippen LogP contribution in [0.1, 0.15) is 12.5 Å². The first-order chi connectivity index (χ1) is 8.94. The average Bonchev–Trinajstić information content (AvgIpc) is 2.39. The summed E-state index contributed by atoms with van der Waals surface area (Å²) in [5.41, 5.74) is 3.31. The van der Waals surface area contributed by atoms with Gasteiger partial charge in [-0.3, -0.25) is 9.73 Å². The molecule has 0 radical (unpaired) electrons. The molecule has 0 spiro atoms. The van der Waals surface area contributed by atoms with Gasteiger partial charge < -0.3 is 4.52 Å². The number of rotatable bonds is 7. The van der Waals surface area contributed by atoms with Crippen molar-refractivity contribution in [2.45, 2.75) is 19.6 Å². The second kappa shape index (κ2) is 7.74. The number of nitrogens with one attached hydrogen (secondary N) is 1. The van der Waals surface area contributed by atoms with Gasteiger partial charge in [-0.2, -0.15) is 9.10 Å². The molecule has 2 atom stereocenters. The first kappa shape index (κ1) is 16.3. The van der Waals surface area contributed by atoms with Crippen LogP contribution in [0.2, 0.25) is 0 Å². The Bertz CT molecular complexity index is 457. The molecular formula is C10H13BrNO6P. The summed E-state index contributed by atoms with van der Waals surface area (Å²) < 4.78 is 19.1. The number of hydroxylamine groups is 1. The van der Waals surface area contributed by atoms with Gasteiger partial charge in [0.15, 0.2) is 0 Å². The van der Waals surface area contributed by atoms with E-state index in [0.29, 0.717) is 0 Å². The third-order valence-electron chi connectivity index (χ3n) is 1.99. The highest BCUT2D eigenvalue weighted by Gasteiger charge is 2.28. The lowest BCUT2D eigenvalue weighted by molar-refractivity contribution is -0.142. The predicted octanol–water partition coefficient (Wildman–Crippen LogP) is 2.07. The maximum atomic E-state index is 11.4. The molecule has 7 nitrogen and oxygen atoms in total. The number of halogens is 1. The SMILES string of the molecule is C[C@H](NOCc1ccccc1)C(=O)OP(=O)(O)OBr. The van der Waals surface area contributed by atoms with Gasteiger partial charge in [0.1, 0.15) is 22.3 Å². The zero-order valence-corrected chi connectivity index (χ0v) is 12.5. The van der Waals surface area contributed by atoms with E-state index in [1.807, 2.05) is 30.3 Å². The molecule has 0 saturated carbocycles. The van der Waals surface area contributed by atoms with E-state index in [9.17, 15) is 9.36 Å². The molecule has 19 heavy (non-hydrogen) atoms. The van der Waals surface area contributed by atoms with Gasteiger partial charge in [0.2, 0.25) is 0 Å². The van der Waals surface area contributed by atoms with Crippen LogP contribution in [0, 0.1) is 0 Å². The Morgan fingerprint density at radius 2 is 2.11 bits per heavy atom. The maximum absolute atomic E-state index is 11.4. The summed E-state index contributed by atoms with van der Waals surface area (Å²) in [7, 11) is -4.40. The highest BCUT2D eigenvalue weighted by Crippen LogP contribution is 2.45. The number of hydrogen-bond acceptors (Lipinski definition) is 6. The lowest BCUT2D eigenvalue weighted by atomic mass is 10.2. The lowest BCUT2D eigenvalue weighted by Gasteiger charge is -2.14. The molecule has 0 aliphatic rings. The molecule has 1 aromatic carbocycles. The van der Waals surface area contributed by atoms with Gasteiger partial charge in [0, 0.05) is 0 Å². The molecule has 0 bridgehead atoms. The fourth-order valence-electron chi connectivity index (χ4n) is 1.08. The van der Waals surface area contributed by atoms with Crippen molar-refractivity contribution in [1.82, 2.24) is 5.48 Å². The number of hydrogen-bond donors (Lipinski definition) is 2. The Balaban J connectivity index is 2.33. The van der Waals surface area contributed by atoms with Crippen molar-refractivity contribution in [2.24, 2.45) is 0 Å². The number of benzene rings is 1.